The second-order valence-electron chi connectivity index (χ2n) is 8.28. The molecule has 9 heteroatoms. The van der Waals surface area contributed by atoms with Crippen molar-refractivity contribution in [2.75, 3.05) is 78.9 Å². The maximum absolute atomic E-state index is 5.52. The molecule has 6 heterocycles. The van der Waals surface area contributed by atoms with Gasteiger partial charge in [-0.25, -0.2) is 0 Å². The van der Waals surface area contributed by atoms with Crippen molar-refractivity contribution in [3.05, 3.63) is 0 Å². The first-order chi connectivity index (χ1) is 14.2. The number of hydrogen-bond donors (Lipinski definition) is 3. The standard InChI is InChI=1S/2C7H13NO2.C6H11NO2/c1-3-8-4-2-7(1)9-5-6-10-7;1-2-7(6-8-3-1)9-4-5-10-7;1-2-7-5-6(1)8-3-4-9-6/h2*8H,1-6H2;7H,1-5H2. The predicted molar refractivity (Wildman–Crippen MR) is 106 cm³/mol. The van der Waals surface area contributed by atoms with Crippen LogP contribution in [-0.2, 0) is 28.4 Å². The summed E-state index contributed by atoms with van der Waals surface area (Å²) < 4.78 is 32.9. The third kappa shape index (κ3) is 5.87. The van der Waals surface area contributed by atoms with E-state index in [0.29, 0.717) is 0 Å². The minimum Gasteiger partial charge on any atom is -0.347 e. The van der Waals surface area contributed by atoms with Gasteiger partial charge in [0.15, 0.2) is 17.4 Å². The molecule has 0 bridgehead atoms. The van der Waals surface area contributed by atoms with Crippen LogP contribution < -0.4 is 16.0 Å². The summed E-state index contributed by atoms with van der Waals surface area (Å²) in [5.41, 5.74) is 0. The normalized spacial score (nSPS) is 31.4. The molecule has 6 fully saturated rings. The molecule has 9 nitrogen and oxygen atoms in total. The van der Waals surface area contributed by atoms with Crippen molar-refractivity contribution in [2.45, 2.75) is 49.5 Å². The molecule has 6 saturated heterocycles. The number of piperidine rings is 2. The first kappa shape index (κ1) is 21.9. The Morgan fingerprint density at radius 2 is 0.828 bits per heavy atom. The molecule has 29 heavy (non-hydrogen) atoms. The molecule has 3 spiro atoms. The molecule has 0 aromatic carbocycles. The van der Waals surface area contributed by atoms with Crippen LogP contribution in [0.3, 0.4) is 0 Å². The van der Waals surface area contributed by atoms with Crippen molar-refractivity contribution in [3.8, 4) is 0 Å². The van der Waals surface area contributed by atoms with E-state index in [1.54, 1.807) is 0 Å². The average Bonchev–Trinajstić information content (AvgIpc) is 3.57. The number of rotatable bonds is 0. The molecular weight excluding hydrogens is 378 g/mol. The largest absolute Gasteiger partial charge is 0.347 e. The molecule has 0 aromatic rings. The van der Waals surface area contributed by atoms with Gasteiger partial charge in [0.2, 0.25) is 0 Å². The van der Waals surface area contributed by atoms with Crippen molar-refractivity contribution >= 4 is 0 Å². The summed E-state index contributed by atoms with van der Waals surface area (Å²) >= 11 is 0. The fourth-order valence-electron chi connectivity index (χ4n) is 4.58. The summed E-state index contributed by atoms with van der Waals surface area (Å²) in [6.07, 6.45) is 5.24. The maximum atomic E-state index is 5.52. The molecule has 168 valence electrons. The Morgan fingerprint density at radius 1 is 0.414 bits per heavy atom. The van der Waals surface area contributed by atoms with Crippen molar-refractivity contribution in [2.24, 2.45) is 0 Å². The van der Waals surface area contributed by atoms with E-state index in [1.165, 1.54) is 6.42 Å². The summed E-state index contributed by atoms with van der Waals surface area (Å²) in [5.74, 6) is -0.649. The summed E-state index contributed by atoms with van der Waals surface area (Å²) in [5, 5.41) is 9.75. The Morgan fingerprint density at radius 3 is 1.28 bits per heavy atom. The molecule has 0 amide bonds. The molecule has 6 aliphatic heterocycles. The molecule has 0 aliphatic carbocycles. The van der Waals surface area contributed by atoms with Crippen LogP contribution >= 0.6 is 0 Å². The van der Waals surface area contributed by atoms with Crippen LogP contribution in [0, 0.1) is 0 Å². The Labute approximate surface area is 173 Å². The monoisotopic (exact) mass is 415 g/mol. The van der Waals surface area contributed by atoms with Crippen molar-refractivity contribution < 1.29 is 28.4 Å². The zero-order chi connectivity index (χ0) is 19.9. The molecule has 6 aliphatic rings. The van der Waals surface area contributed by atoms with Crippen molar-refractivity contribution in [1.82, 2.24) is 16.0 Å². The van der Waals surface area contributed by atoms with Crippen LogP contribution in [0.5, 0.6) is 0 Å². The van der Waals surface area contributed by atoms with Gasteiger partial charge in [0.1, 0.15) is 0 Å². The lowest BCUT2D eigenvalue weighted by molar-refractivity contribution is -0.172. The first-order valence-corrected chi connectivity index (χ1v) is 11.2. The van der Waals surface area contributed by atoms with Crippen LogP contribution in [0.1, 0.15) is 32.1 Å². The molecule has 0 atom stereocenters. The van der Waals surface area contributed by atoms with Crippen LogP contribution in [0.15, 0.2) is 0 Å². The lowest BCUT2D eigenvalue weighted by Crippen LogP contribution is -2.46. The van der Waals surface area contributed by atoms with Crippen LogP contribution in [0.25, 0.3) is 0 Å². The Balaban J connectivity index is 0.000000106. The number of ether oxygens (including phenoxy) is 6. The van der Waals surface area contributed by atoms with Gasteiger partial charge in [-0.3, -0.25) is 0 Å². The highest BCUT2D eigenvalue weighted by atomic mass is 16.7. The smallest absolute Gasteiger partial charge is 0.182 e. The van der Waals surface area contributed by atoms with Crippen molar-refractivity contribution in [1.29, 1.82) is 0 Å². The molecule has 0 saturated carbocycles. The minimum atomic E-state index is -0.238. The summed E-state index contributed by atoms with van der Waals surface area (Å²) in [6.45, 7) is 10.5. The fraction of sp³-hybridized carbons (Fsp3) is 1.00. The van der Waals surface area contributed by atoms with Gasteiger partial charge < -0.3 is 44.4 Å². The predicted octanol–water partition coefficient (Wildman–Crippen LogP) is -0.0514. The van der Waals surface area contributed by atoms with Crippen LogP contribution in [0.2, 0.25) is 0 Å². The van der Waals surface area contributed by atoms with Gasteiger partial charge in [-0.1, -0.05) is 0 Å². The second kappa shape index (κ2) is 10.3. The van der Waals surface area contributed by atoms with E-state index in [9.17, 15) is 0 Å². The van der Waals surface area contributed by atoms with E-state index in [1.807, 2.05) is 0 Å². The number of nitrogens with one attached hydrogen (secondary N) is 3. The lowest BCUT2D eigenvalue weighted by Gasteiger charge is -2.31. The quantitative estimate of drug-likeness (QED) is 0.504. The van der Waals surface area contributed by atoms with Gasteiger partial charge in [-0.05, 0) is 13.0 Å². The third-order valence-electron chi connectivity index (χ3n) is 6.19. The third-order valence-corrected chi connectivity index (χ3v) is 6.19. The van der Waals surface area contributed by atoms with Crippen LogP contribution in [-0.4, -0.2) is 96.3 Å². The summed E-state index contributed by atoms with van der Waals surface area (Å²) in [4.78, 5) is 0. The zero-order valence-electron chi connectivity index (χ0n) is 17.5. The second-order valence-corrected chi connectivity index (χ2v) is 8.28. The average molecular weight is 416 g/mol. The Hall–Kier alpha value is -0.360. The zero-order valence-corrected chi connectivity index (χ0v) is 17.5. The van der Waals surface area contributed by atoms with Crippen LogP contribution in [0.4, 0.5) is 0 Å². The highest BCUT2D eigenvalue weighted by molar-refractivity contribution is 4.83. The first-order valence-electron chi connectivity index (χ1n) is 11.2. The van der Waals surface area contributed by atoms with E-state index < -0.39 is 0 Å². The molecule has 0 unspecified atom stereocenters. The Kier molecular flexibility index (Phi) is 7.76. The molecule has 3 N–H and O–H groups in total. The molecular formula is C20H37N3O6. The highest BCUT2D eigenvalue weighted by Gasteiger charge is 2.39. The van der Waals surface area contributed by atoms with Gasteiger partial charge >= 0.3 is 0 Å². The highest BCUT2D eigenvalue weighted by Crippen LogP contribution is 2.28. The summed E-state index contributed by atoms with van der Waals surface area (Å²) in [7, 11) is 0. The molecule has 6 rings (SSSR count). The fourth-order valence-corrected chi connectivity index (χ4v) is 4.58. The van der Waals surface area contributed by atoms with Gasteiger partial charge in [0.25, 0.3) is 0 Å². The maximum Gasteiger partial charge on any atom is 0.182 e. The number of hydrogen-bond acceptors (Lipinski definition) is 9. The van der Waals surface area contributed by atoms with E-state index >= 15 is 0 Å². The van der Waals surface area contributed by atoms with E-state index in [2.05, 4.69) is 16.0 Å². The summed E-state index contributed by atoms with van der Waals surface area (Å²) in [6, 6.07) is 0. The van der Waals surface area contributed by atoms with Gasteiger partial charge in [-0.15, -0.1) is 0 Å². The van der Waals surface area contributed by atoms with E-state index in [0.717, 1.165) is 105 Å². The van der Waals surface area contributed by atoms with Gasteiger partial charge in [0, 0.05) is 58.4 Å². The van der Waals surface area contributed by atoms with Crippen molar-refractivity contribution in [3.63, 3.8) is 0 Å². The molecule has 0 radical (unpaired) electrons. The minimum absolute atomic E-state index is 0.189. The van der Waals surface area contributed by atoms with E-state index in [4.69, 9.17) is 28.4 Å². The SMILES string of the molecule is C1CC2(CCN1)OCCO2.C1CC2(CN1)OCCO2.C1CNCC2(C1)OCCO2. The topological polar surface area (TPSA) is 91.5 Å². The van der Waals surface area contributed by atoms with Gasteiger partial charge in [-0.2, -0.15) is 0 Å². The van der Waals surface area contributed by atoms with Gasteiger partial charge in [0.05, 0.1) is 39.6 Å². The lowest BCUT2D eigenvalue weighted by atomic mass is 10.1. The van der Waals surface area contributed by atoms with E-state index in [-0.39, 0.29) is 17.4 Å². The molecule has 0 aromatic heterocycles. The Bertz CT molecular complexity index is 421.